The molecule has 0 aromatic heterocycles. The molecule has 3 N–H and O–H groups in total. The lowest BCUT2D eigenvalue weighted by molar-refractivity contribution is -0.275. The quantitative estimate of drug-likeness (QED) is 0.369. The average Bonchev–Trinajstić information content (AvgIpc) is 3.22. The van der Waals surface area contributed by atoms with Crippen molar-refractivity contribution < 1.29 is 50.5 Å². The van der Waals surface area contributed by atoms with Crippen molar-refractivity contribution in [3.63, 3.8) is 0 Å². The number of sulfonamides is 1. The molecule has 1 spiro atoms. The third kappa shape index (κ3) is 7.09. The van der Waals surface area contributed by atoms with Crippen LogP contribution in [0.5, 0.6) is 11.5 Å². The highest BCUT2D eigenvalue weighted by atomic mass is 32.2. The Morgan fingerprint density at radius 2 is 1.81 bits per heavy atom. The van der Waals surface area contributed by atoms with E-state index in [-0.39, 0.29) is 43.9 Å². The van der Waals surface area contributed by atoms with Gasteiger partial charge in [0.15, 0.2) is 11.6 Å². The number of aryl methyl sites for hydroxylation is 2. The molecule has 0 bridgehead atoms. The summed E-state index contributed by atoms with van der Waals surface area (Å²) in [5, 5.41) is 22.0. The Balaban J connectivity index is 1.45. The molecule has 2 aromatic rings. The second-order valence-corrected chi connectivity index (χ2v) is 11.8. The van der Waals surface area contributed by atoms with E-state index >= 15 is 0 Å². The van der Waals surface area contributed by atoms with Crippen molar-refractivity contribution in [3.05, 3.63) is 63.8 Å². The van der Waals surface area contributed by atoms with Gasteiger partial charge in [0.2, 0.25) is 10.0 Å². The summed E-state index contributed by atoms with van der Waals surface area (Å²) in [6, 6.07) is 6.07. The van der Waals surface area contributed by atoms with Gasteiger partial charge in [-0.1, -0.05) is 0 Å². The molecular formula is C27H29F4N3O7S. The molecule has 2 aromatic carbocycles. The number of amides is 1. The maximum Gasteiger partial charge on any atom is 0.573 e. The number of nitrogens with zero attached hydrogens (tertiary/aromatic N) is 2. The van der Waals surface area contributed by atoms with E-state index in [4.69, 9.17) is 9.84 Å². The third-order valence-corrected chi connectivity index (χ3v) is 8.51. The maximum atomic E-state index is 13.8. The molecular weight excluding hydrogens is 586 g/mol. The molecule has 1 atom stereocenters. The van der Waals surface area contributed by atoms with E-state index in [2.05, 4.69) is 15.0 Å². The van der Waals surface area contributed by atoms with Crippen molar-refractivity contribution >= 4 is 27.8 Å². The molecule has 0 saturated carbocycles. The van der Waals surface area contributed by atoms with Crippen molar-refractivity contribution in [1.29, 1.82) is 0 Å². The lowest BCUT2D eigenvalue weighted by atomic mass is 9.89. The Hall–Kier alpha value is -3.53. The minimum absolute atomic E-state index is 0.00518. The molecule has 1 fully saturated rings. The van der Waals surface area contributed by atoms with Crippen LogP contribution in [-0.2, 0) is 14.8 Å². The zero-order chi connectivity index (χ0) is 30.9. The molecule has 15 heteroatoms. The minimum Gasteiger partial charge on any atom is -0.491 e. The lowest BCUT2D eigenvalue weighted by Gasteiger charge is -2.34. The van der Waals surface area contributed by atoms with E-state index < -0.39 is 52.1 Å². The number of alkyl halides is 3. The highest BCUT2D eigenvalue weighted by Crippen LogP contribution is 2.34. The molecule has 2 aliphatic rings. The Labute approximate surface area is 239 Å². The number of piperidine rings is 1. The third-order valence-electron chi connectivity index (χ3n) is 6.95. The van der Waals surface area contributed by atoms with Gasteiger partial charge in [0.1, 0.15) is 29.8 Å². The van der Waals surface area contributed by atoms with Gasteiger partial charge < -0.3 is 25.0 Å². The number of carbonyl (C=O) groups is 1. The van der Waals surface area contributed by atoms with Crippen LogP contribution in [0, 0.1) is 19.7 Å². The number of hydrogen-bond donors (Lipinski definition) is 3. The SMILES string of the molecule is Cc1cc(OC[C@H](O)CO)cc(C)c1C=CS(=O)(=O)N1CCC2(CC1)N=C(c1ccc(F)c(OC(F)(F)F)c1)NC2=O. The van der Waals surface area contributed by atoms with Gasteiger partial charge >= 0.3 is 6.36 Å². The van der Waals surface area contributed by atoms with E-state index in [1.54, 1.807) is 26.0 Å². The Morgan fingerprint density at radius 1 is 1.17 bits per heavy atom. The number of halogens is 4. The van der Waals surface area contributed by atoms with Crippen molar-refractivity contribution in [3.8, 4) is 11.5 Å². The molecule has 2 aliphatic heterocycles. The first-order valence-electron chi connectivity index (χ1n) is 12.8. The highest BCUT2D eigenvalue weighted by molar-refractivity contribution is 7.92. The summed E-state index contributed by atoms with van der Waals surface area (Å²) >= 11 is 0. The first-order chi connectivity index (χ1) is 19.6. The molecule has 0 aliphatic carbocycles. The van der Waals surface area contributed by atoms with Gasteiger partial charge in [-0.2, -0.15) is 4.31 Å². The number of aliphatic hydroxyl groups excluding tert-OH is 2. The average molecular weight is 616 g/mol. The number of aliphatic imine (C=N–C) groups is 1. The van der Waals surface area contributed by atoms with Crippen molar-refractivity contribution in [1.82, 2.24) is 9.62 Å². The van der Waals surface area contributed by atoms with Crippen LogP contribution < -0.4 is 14.8 Å². The zero-order valence-corrected chi connectivity index (χ0v) is 23.4. The number of benzene rings is 2. The molecule has 1 amide bonds. The fourth-order valence-electron chi connectivity index (χ4n) is 4.72. The summed E-state index contributed by atoms with van der Waals surface area (Å²) < 4.78 is 88.2. The Morgan fingerprint density at radius 3 is 2.40 bits per heavy atom. The van der Waals surface area contributed by atoms with Crippen LogP contribution in [0.25, 0.3) is 6.08 Å². The Bertz CT molecular complexity index is 1500. The van der Waals surface area contributed by atoms with Gasteiger partial charge in [0, 0.05) is 24.1 Å². The molecule has 228 valence electrons. The number of amidine groups is 1. The van der Waals surface area contributed by atoms with Crippen LogP contribution in [0.2, 0.25) is 0 Å². The highest BCUT2D eigenvalue weighted by Gasteiger charge is 2.47. The van der Waals surface area contributed by atoms with E-state index in [1.165, 1.54) is 10.4 Å². The largest absolute Gasteiger partial charge is 0.573 e. The summed E-state index contributed by atoms with van der Waals surface area (Å²) in [4.78, 5) is 17.2. The minimum atomic E-state index is -5.12. The van der Waals surface area contributed by atoms with E-state index in [1.807, 2.05) is 0 Å². The van der Waals surface area contributed by atoms with Crippen LogP contribution in [0.3, 0.4) is 0 Å². The number of aliphatic hydroxyl groups is 2. The van der Waals surface area contributed by atoms with Crippen LogP contribution in [0.1, 0.15) is 35.1 Å². The lowest BCUT2D eigenvalue weighted by Crippen LogP contribution is -2.50. The first-order valence-corrected chi connectivity index (χ1v) is 14.3. The smallest absolute Gasteiger partial charge is 0.491 e. The van der Waals surface area contributed by atoms with Crippen molar-refractivity contribution in [2.24, 2.45) is 4.99 Å². The Kier molecular flexibility index (Phi) is 8.97. The summed E-state index contributed by atoms with van der Waals surface area (Å²) in [6.07, 6.45) is -4.64. The number of hydrogen-bond acceptors (Lipinski definition) is 8. The number of ether oxygens (including phenoxy) is 2. The molecule has 42 heavy (non-hydrogen) atoms. The summed E-state index contributed by atoms with van der Waals surface area (Å²) in [6.45, 7) is 2.92. The van der Waals surface area contributed by atoms with Gasteiger partial charge in [-0.05, 0) is 79.8 Å². The predicted octanol–water partition coefficient (Wildman–Crippen LogP) is 2.78. The molecule has 0 radical (unpaired) electrons. The second-order valence-electron chi connectivity index (χ2n) is 10.0. The fraction of sp³-hybridized carbons (Fsp3) is 0.407. The molecule has 2 heterocycles. The molecule has 10 nitrogen and oxygen atoms in total. The molecule has 0 unspecified atom stereocenters. The van der Waals surface area contributed by atoms with Crippen molar-refractivity contribution in [2.75, 3.05) is 26.3 Å². The van der Waals surface area contributed by atoms with Gasteiger partial charge in [0.25, 0.3) is 5.91 Å². The van der Waals surface area contributed by atoms with E-state index in [0.29, 0.717) is 11.3 Å². The number of rotatable bonds is 9. The summed E-state index contributed by atoms with van der Waals surface area (Å²) in [7, 11) is -3.89. The van der Waals surface area contributed by atoms with Crippen LogP contribution in [-0.4, -0.2) is 79.0 Å². The van der Waals surface area contributed by atoms with Gasteiger partial charge in [-0.15, -0.1) is 13.2 Å². The van der Waals surface area contributed by atoms with E-state index in [0.717, 1.165) is 34.7 Å². The van der Waals surface area contributed by atoms with Gasteiger partial charge in [-0.25, -0.2) is 12.8 Å². The second kappa shape index (κ2) is 12.0. The van der Waals surface area contributed by atoms with Crippen LogP contribution in [0.4, 0.5) is 17.6 Å². The molecule has 4 rings (SSSR count). The topological polar surface area (TPSA) is 138 Å². The predicted molar refractivity (Wildman–Crippen MR) is 144 cm³/mol. The number of carbonyl (C=O) groups excluding carboxylic acids is 1. The first kappa shape index (κ1) is 31.4. The van der Waals surface area contributed by atoms with Crippen molar-refractivity contribution in [2.45, 2.75) is 44.7 Å². The molecule has 1 saturated heterocycles. The zero-order valence-electron chi connectivity index (χ0n) is 22.6. The monoisotopic (exact) mass is 615 g/mol. The fourth-order valence-corrected chi connectivity index (χ4v) is 5.89. The normalized spacial score (nSPS) is 18.3. The van der Waals surface area contributed by atoms with Gasteiger partial charge in [-0.3, -0.25) is 9.79 Å². The van der Waals surface area contributed by atoms with Crippen LogP contribution >= 0.6 is 0 Å². The van der Waals surface area contributed by atoms with Gasteiger partial charge in [0.05, 0.1) is 6.61 Å². The maximum absolute atomic E-state index is 13.8. The van der Waals surface area contributed by atoms with E-state index in [9.17, 15) is 35.9 Å². The summed E-state index contributed by atoms with van der Waals surface area (Å²) in [5.41, 5.74) is 0.783. The standard InChI is InChI=1S/C27H29F4N3O7S/c1-16-11-20(40-15-19(36)14-35)12-17(2)21(16)5-10-42(38,39)34-8-6-26(7-9-34)25(37)32-24(33-26)18-3-4-22(28)23(13-18)41-27(29,30)31/h3-5,10-13,19,35-36H,6-9,14-15H2,1-2H3,(H,32,33,37)/t19-/m1/s1. The number of nitrogens with one attached hydrogen (secondary N) is 1. The summed E-state index contributed by atoms with van der Waals surface area (Å²) in [5.74, 6) is -2.45. The van der Waals surface area contributed by atoms with Crippen LogP contribution in [0.15, 0.2) is 40.7 Å².